The fourth-order valence-corrected chi connectivity index (χ4v) is 4.04. The zero-order chi connectivity index (χ0) is 14.9. The number of carbonyl (C=O) groups excluding carboxylic acids is 1. The molecule has 0 aliphatic carbocycles. The van der Waals surface area contributed by atoms with Crippen molar-refractivity contribution in [3.05, 3.63) is 34.3 Å². The maximum Gasteiger partial charge on any atom is 0.243 e. The molecule has 0 saturated carbocycles. The van der Waals surface area contributed by atoms with Crippen LogP contribution in [0.15, 0.2) is 28.7 Å². The van der Waals surface area contributed by atoms with E-state index in [0.29, 0.717) is 0 Å². The van der Waals surface area contributed by atoms with Gasteiger partial charge in [0.25, 0.3) is 0 Å². The van der Waals surface area contributed by atoms with Gasteiger partial charge in [0, 0.05) is 11.0 Å². The third-order valence-electron chi connectivity index (χ3n) is 4.84. The molecule has 0 aromatic heterocycles. The summed E-state index contributed by atoms with van der Waals surface area (Å²) >= 11 is 3.54. The Balaban J connectivity index is 1.82. The third kappa shape index (κ3) is 3.02. The Morgan fingerprint density at radius 3 is 2.95 bits per heavy atom. The predicted molar refractivity (Wildman–Crippen MR) is 88.1 cm³/mol. The van der Waals surface area contributed by atoms with Gasteiger partial charge in [-0.05, 0) is 63.3 Å². The van der Waals surface area contributed by atoms with Crippen LogP contribution in [0.4, 0.5) is 0 Å². The predicted octanol–water partition coefficient (Wildman–Crippen LogP) is 3.64. The minimum Gasteiger partial charge on any atom is -0.334 e. The van der Waals surface area contributed by atoms with Crippen molar-refractivity contribution >= 4 is 21.8 Å². The molecule has 3 nitrogen and oxygen atoms in total. The van der Waals surface area contributed by atoms with E-state index in [4.69, 9.17) is 0 Å². The van der Waals surface area contributed by atoms with Gasteiger partial charge in [0.15, 0.2) is 0 Å². The molecule has 2 heterocycles. The van der Waals surface area contributed by atoms with Crippen LogP contribution in [0.5, 0.6) is 0 Å². The first-order valence-electron chi connectivity index (χ1n) is 7.92. The second-order valence-corrected chi connectivity index (χ2v) is 7.34. The molecule has 2 atom stereocenters. The highest BCUT2D eigenvalue weighted by molar-refractivity contribution is 9.10. The molecule has 0 radical (unpaired) electrons. The number of rotatable bonds is 2. The smallest absolute Gasteiger partial charge is 0.243 e. The molecule has 2 fully saturated rings. The van der Waals surface area contributed by atoms with Crippen LogP contribution in [-0.4, -0.2) is 29.4 Å². The highest BCUT2D eigenvalue weighted by Crippen LogP contribution is 2.35. The molecule has 2 aliphatic rings. The SMILES string of the molecule is CC1(C(=O)N2CCCC2c2cccc(Br)c2)CCCCN1. The van der Waals surface area contributed by atoms with Crippen molar-refractivity contribution in [2.45, 2.75) is 50.6 Å². The monoisotopic (exact) mass is 350 g/mol. The van der Waals surface area contributed by atoms with Gasteiger partial charge in [0.05, 0.1) is 11.6 Å². The van der Waals surface area contributed by atoms with Gasteiger partial charge in [0.2, 0.25) is 5.91 Å². The highest BCUT2D eigenvalue weighted by Gasteiger charge is 2.41. The standard InChI is InChI=1S/C17H23BrN2O/c1-17(9-2-3-10-19-17)16(21)20-11-5-8-15(20)13-6-4-7-14(18)12-13/h4,6-7,12,15,19H,2-3,5,8-11H2,1H3. The summed E-state index contributed by atoms with van der Waals surface area (Å²) in [5.41, 5.74) is 0.877. The fourth-order valence-electron chi connectivity index (χ4n) is 3.63. The van der Waals surface area contributed by atoms with Gasteiger partial charge < -0.3 is 10.2 Å². The normalized spacial score (nSPS) is 29.6. The average molecular weight is 351 g/mol. The second kappa shape index (κ2) is 6.09. The van der Waals surface area contributed by atoms with Crippen LogP contribution in [0.3, 0.4) is 0 Å². The van der Waals surface area contributed by atoms with Crippen LogP contribution >= 0.6 is 15.9 Å². The summed E-state index contributed by atoms with van der Waals surface area (Å²) in [6.45, 7) is 3.91. The first kappa shape index (κ1) is 15.0. The summed E-state index contributed by atoms with van der Waals surface area (Å²) in [6.07, 6.45) is 5.44. The summed E-state index contributed by atoms with van der Waals surface area (Å²) < 4.78 is 1.08. The van der Waals surface area contributed by atoms with E-state index in [9.17, 15) is 4.79 Å². The van der Waals surface area contributed by atoms with E-state index in [-0.39, 0.29) is 17.5 Å². The molecule has 1 aromatic carbocycles. The lowest BCUT2D eigenvalue weighted by Crippen LogP contribution is -2.57. The quantitative estimate of drug-likeness (QED) is 0.882. The molecule has 2 saturated heterocycles. The molecule has 3 rings (SSSR count). The minimum absolute atomic E-state index is 0.232. The van der Waals surface area contributed by atoms with E-state index >= 15 is 0 Å². The third-order valence-corrected chi connectivity index (χ3v) is 5.33. The van der Waals surface area contributed by atoms with Gasteiger partial charge in [0.1, 0.15) is 0 Å². The van der Waals surface area contributed by atoms with E-state index in [0.717, 1.165) is 43.2 Å². The Bertz CT molecular complexity index is 525. The van der Waals surface area contributed by atoms with Gasteiger partial charge >= 0.3 is 0 Å². The molecule has 0 bridgehead atoms. The molecule has 114 valence electrons. The van der Waals surface area contributed by atoms with Crippen LogP contribution in [0.1, 0.15) is 50.6 Å². The van der Waals surface area contributed by atoms with Crippen LogP contribution in [0, 0.1) is 0 Å². The van der Waals surface area contributed by atoms with Crippen LogP contribution in [0.2, 0.25) is 0 Å². The molecule has 2 unspecified atom stereocenters. The number of amides is 1. The lowest BCUT2D eigenvalue weighted by Gasteiger charge is -2.39. The first-order valence-corrected chi connectivity index (χ1v) is 8.71. The molecular formula is C17H23BrN2O. The zero-order valence-corrected chi connectivity index (χ0v) is 14.2. The number of benzene rings is 1. The van der Waals surface area contributed by atoms with Crippen molar-refractivity contribution in [2.24, 2.45) is 0 Å². The lowest BCUT2D eigenvalue weighted by atomic mass is 9.89. The fraction of sp³-hybridized carbons (Fsp3) is 0.588. The maximum absolute atomic E-state index is 13.0. The molecule has 1 aromatic rings. The number of halogens is 1. The summed E-state index contributed by atoms with van der Waals surface area (Å²) in [5, 5.41) is 3.46. The Kier molecular flexibility index (Phi) is 4.36. The summed E-state index contributed by atoms with van der Waals surface area (Å²) in [5.74, 6) is 0.282. The highest BCUT2D eigenvalue weighted by atomic mass is 79.9. The topological polar surface area (TPSA) is 32.3 Å². The van der Waals surface area contributed by atoms with Crippen LogP contribution < -0.4 is 5.32 Å². The second-order valence-electron chi connectivity index (χ2n) is 6.43. The van der Waals surface area contributed by atoms with Crippen molar-refractivity contribution in [3.63, 3.8) is 0 Å². The Morgan fingerprint density at radius 1 is 1.38 bits per heavy atom. The molecule has 0 spiro atoms. The molecule has 1 N–H and O–H groups in total. The number of piperidine rings is 1. The van der Waals surface area contributed by atoms with Gasteiger partial charge in [-0.15, -0.1) is 0 Å². The summed E-state index contributed by atoms with van der Waals surface area (Å²) in [4.78, 5) is 15.1. The molecule has 21 heavy (non-hydrogen) atoms. The van der Waals surface area contributed by atoms with Crippen LogP contribution in [-0.2, 0) is 4.79 Å². The van der Waals surface area contributed by atoms with E-state index in [1.54, 1.807) is 0 Å². The minimum atomic E-state index is -0.368. The Labute approximate surface area is 135 Å². The number of nitrogens with zero attached hydrogens (tertiary/aromatic N) is 1. The van der Waals surface area contributed by atoms with E-state index in [2.05, 4.69) is 51.3 Å². The van der Waals surface area contributed by atoms with Crippen molar-refractivity contribution < 1.29 is 4.79 Å². The van der Waals surface area contributed by atoms with Crippen LogP contribution in [0.25, 0.3) is 0 Å². The van der Waals surface area contributed by atoms with Gasteiger partial charge in [-0.3, -0.25) is 4.79 Å². The molecule has 2 aliphatic heterocycles. The molecular weight excluding hydrogens is 328 g/mol. The number of hydrogen-bond donors (Lipinski definition) is 1. The van der Waals surface area contributed by atoms with Crippen molar-refractivity contribution in [2.75, 3.05) is 13.1 Å². The molecule has 4 heteroatoms. The van der Waals surface area contributed by atoms with E-state index in [1.165, 1.54) is 12.0 Å². The number of carbonyl (C=O) groups is 1. The molecule has 1 amide bonds. The Hall–Kier alpha value is -0.870. The summed E-state index contributed by atoms with van der Waals surface area (Å²) in [6, 6.07) is 8.61. The largest absolute Gasteiger partial charge is 0.334 e. The van der Waals surface area contributed by atoms with Gasteiger partial charge in [-0.2, -0.15) is 0 Å². The van der Waals surface area contributed by atoms with Crippen molar-refractivity contribution in [1.29, 1.82) is 0 Å². The maximum atomic E-state index is 13.0. The lowest BCUT2D eigenvalue weighted by molar-refractivity contribution is -0.139. The first-order chi connectivity index (χ1) is 10.1. The van der Waals surface area contributed by atoms with E-state index in [1.807, 2.05) is 6.07 Å². The van der Waals surface area contributed by atoms with Gasteiger partial charge in [-0.25, -0.2) is 0 Å². The van der Waals surface area contributed by atoms with E-state index < -0.39 is 0 Å². The van der Waals surface area contributed by atoms with Gasteiger partial charge in [-0.1, -0.05) is 28.1 Å². The van der Waals surface area contributed by atoms with Crippen molar-refractivity contribution in [3.8, 4) is 0 Å². The average Bonchev–Trinajstić information content (AvgIpc) is 2.96. The number of nitrogens with one attached hydrogen (secondary N) is 1. The van der Waals surface area contributed by atoms with Crippen molar-refractivity contribution in [1.82, 2.24) is 10.2 Å². The zero-order valence-electron chi connectivity index (χ0n) is 12.6. The summed E-state index contributed by atoms with van der Waals surface area (Å²) in [7, 11) is 0. The number of likely N-dealkylation sites (tertiary alicyclic amines) is 1. The Morgan fingerprint density at radius 2 is 2.24 bits per heavy atom. The number of hydrogen-bond acceptors (Lipinski definition) is 2.